The van der Waals surface area contributed by atoms with Crippen molar-refractivity contribution in [2.45, 2.75) is 279 Å². The van der Waals surface area contributed by atoms with Gasteiger partial charge < -0.3 is 89.9 Å². The lowest BCUT2D eigenvalue weighted by molar-refractivity contribution is -0.379. The van der Waals surface area contributed by atoms with Crippen molar-refractivity contribution in [1.29, 1.82) is 0 Å². The summed E-state index contributed by atoms with van der Waals surface area (Å²) in [6.07, 6.45) is 16.7. The Morgan fingerprint density at radius 2 is 0.842 bits per heavy atom. The van der Waals surface area contributed by atoms with Crippen LogP contribution < -0.4 is 5.32 Å². The predicted octanol–water partition coefficient (Wildman–Crippen LogP) is 4.31. The van der Waals surface area contributed by atoms with Crippen molar-refractivity contribution >= 4 is 5.91 Å². The Kier molecular flexibility index (Phi) is 36.6. The highest BCUT2D eigenvalue weighted by Gasteiger charge is 2.53. The number of carbonyl (C=O) groups excluding carboxylic acids is 1. The third kappa shape index (κ3) is 25.0. The Hall–Kier alpha value is -2.25. The topological polar surface area (TPSA) is 307 Å². The molecule has 12 N–H and O–H groups in total. The minimum atomic E-state index is -1.98. The van der Waals surface area contributed by atoms with Gasteiger partial charge in [-0.05, 0) is 70.6 Å². The molecule has 19 heteroatoms. The maximum atomic E-state index is 13.3. The average Bonchev–Trinajstić information content (AvgIpc) is 3.41. The minimum absolute atomic E-state index is 0.221. The van der Waals surface area contributed by atoms with Gasteiger partial charge in [-0.2, -0.15) is 0 Å². The Balaban J connectivity index is 1.55. The second kappa shape index (κ2) is 40.9. The highest BCUT2D eigenvalue weighted by atomic mass is 16.8. The summed E-state index contributed by atoms with van der Waals surface area (Å²) in [5, 5.41) is 120. The molecule has 3 aliphatic rings. The van der Waals surface area contributed by atoms with Crippen molar-refractivity contribution in [1.82, 2.24) is 5.32 Å². The minimum Gasteiger partial charge on any atom is -0.394 e. The van der Waals surface area contributed by atoms with E-state index in [2.05, 4.69) is 55.6 Å². The number of nitrogens with one attached hydrogen (secondary N) is 1. The summed E-state index contributed by atoms with van der Waals surface area (Å²) < 4.78 is 34.2. The van der Waals surface area contributed by atoms with Crippen LogP contribution in [0.4, 0.5) is 0 Å². The van der Waals surface area contributed by atoms with Crippen LogP contribution in [0.5, 0.6) is 0 Å². The maximum absolute atomic E-state index is 13.3. The molecule has 3 rings (SSSR count). The van der Waals surface area contributed by atoms with Crippen LogP contribution >= 0.6 is 0 Å². The van der Waals surface area contributed by atoms with Crippen molar-refractivity contribution in [3.63, 3.8) is 0 Å². The molecular formula is C57H101NO18. The van der Waals surface area contributed by atoms with Gasteiger partial charge in [-0.25, -0.2) is 0 Å². The molecule has 0 aliphatic carbocycles. The summed E-state index contributed by atoms with van der Waals surface area (Å²) in [6, 6.07) is -0.999. The van der Waals surface area contributed by atoms with Gasteiger partial charge in [0.2, 0.25) is 5.91 Å². The van der Waals surface area contributed by atoms with Gasteiger partial charge in [0.05, 0.1) is 38.6 Å². The van der Waals surface area contributed by atoms with Gasteiger partial charge >= 0.3 is 0 Å². The number of aliphatic hydroxyl groups is 11. The third-order valence-corrected chi connectivity index (χ3v) is 14.3. The number of rotatable bonds is 41. The normalized spacial score (nSPS) is 31.3. The van der Waals surface area contributed by atoms with E-state index in [1.54, 1.807) is 6.08 Å². The number of ether oxygens (including phenoxy) is 6. The van der Waals surface area contributed by atoms with Gasteiger partial charge in [0.1, 0.15) is 73.2 Å². The Labute approximate surface area is 453 Å². The summed E-state index contributed by atoms with van der Waals surface area (Å²) in [5.41, 5.74) is 0. The first kappa shape index (κ1) is 68.0. The van der Waals surface area contributed by atoms with Crippen molar-refractivity contribution in [3.8, 4) is 0 Å². The van der Waals surface area contributed by atoms with Crippen LogP contribution in [-0.4, -0.2) is 193 Å². The van der Waals surface area contributed by atoms with Gasteiger partial charge in [-0.1, -0.05) is 146 Å². The lowest BCUT2D eigenvalue weighted by Crippen LogP contribution is -2.66. The maximum Gasteiger partial charge on any atom is 0.220 e. The smallest absolute Gasteiger partial charge is 0.220 e. The van der Waals surface area contributed by atoms with E-state index in [4.69, 9.17) is 28.4 Å². The van der Waals surface area contributed by atoms with Gasteiger partial charge in [-0.3, -0.25) is 4.79 Å². The summed E-state index contributed by atoms with van der Waals surface area (Å²) in [6.45, 7) is 1.65. The van der Waals surface area contributed by atoms with Crippen LogP contribution in [0.15, 0.2) is 48.6 Å². The van der Waals surface area contributed by atoms with E-state index in [9.17, 15) is 61.0 Å². The number of hydrogen-bond donors (Lipinski definition) is 12. The molecular weight excluding hydrogens is 987 g/mol. The molecule has 0 aromatic heterocycles. The van der Waals surface area contributed by atoms with Crippen molar-refractivity contribution in [2.75, 3.05) is 26.4 Å². The number of carbonyl (C=O) groups is 1. The third-order valence-electron chi connectivity index (χ3n) is 14.3. The lowest BCUT2D eigenvalue weighted by Gasteiger charge is -2.48. The first-order chi connectivity index (χ1) is 36.8. The molecule has 0 aromatic carbocycles. The number of aliphatic hydroxyl groups excluding tert-OH is 11. The summed E-state index contributed by atoms with van der Waals surface area (Å²) in [7, 11) is 0. The largest absolute Gasteiger partial charge is 0.394 e. The highest BCUT2D eigenvalue weighted by Crippen LogP contribution is 2.33. The zero-order valence-corrected chi connectivity index (χ0v) is 45.7. The number of hydrogen-bond acceptors (Lipinski definition) is 18. The molecule has 0 bridgehead atoms. The van der Waals surface area contributed by atoms with Crippen LogP contribution in [-0.2, 0) is 33.2 Å². The van der Waals surface area contributed by atoms with Gasteiger partial charge in [0, 0.05) is 6.42 Å². The monoisotopic (exact) mass is 1090 g/mol. The number of allylic oxidation sites excluding steroid dienone is 7. The number of unbranched alkanes of at least 4 members (excludes halogenated alkanes) is 19. The van der Waals surface area contributed by atoms with Crippen LogP contribution in [0.1, 0.15) is 174 Å². The fourth-order valence-electron chi connectivity index (χ4n) is 9.51. The predicted molar refractivity (Wildman–Crippen MR) is 286 cm³/mol. The van der Waals surface area contributed by atoms with Gasteiger partial charge in [0.25, 0.3) is 0 Å². The zero-order valence-electron chi connectivity index (χ0n) is 45.7. The average molecular weight is 1090 g/mol. The van der Waals surface area contributed by atoms with Crippen molar-refractivity contribution in [2.24, 2.45) is 0 Å². The van der Waals surface area contributed by atoms with E-state index in [0.717, 1.165) is 64.2 Å². The summed E-state index contributed by atoms with van der Waals surface area (Å²) in [5.74, 6) is -0.301. The Morgan fingerprint density at radius 3 is 1.32 bits per heavy atom. The van der Waals surface area contributed by atoms with E-state index < -0.39 is 124 Å². The van der Waals surface area contributed by atoms with Crippen molar-refractivity contribution in [3.05, 3.63) is 48.6 Å². The molecule has 3 heterocycles. The molecule has 3 aliphatic heterocycles. The van der Waals surface area contributed by atoms with Crippen LogP contribution in [0.3, 0.4) is 0 Å². The van der Waals surface area contributed by atoms with Crippen molar-refractivity contribution < 1.29 is 89.4 Å². The van der Waals surface area contributed by atoms with Gasteiger partial charge in [-0.15, -0.1) is 0 Å². The zero-order chi connectivity index (χ0) is 55.5. The molecule has 19 nitrogen and oxygen atoms in total. The fraction of sp³-hybridized carbons (Fsp3) is 0.842. The SMILES string of the molecule is CCCCCCCC/C=C\CCCCCCCC(=O)NC(COC1OC(CO)C(OC2OC(CO)C(OC3OC(CO)C(O)C(O)C3O)C(O)C2O)C(O)C1O)C(O)/C=C/CC/C=C/CC/C=C/CCCCCCCC. The van der Waals surface area contributed by atoms with Crippen LogP contribution in [0.2, 0.25) is 0 Å². The molecule has 442 valence electrons. The molecule has 1 amide bonds. The van der Waals surface area contributed by atoms with E-state index in [1.165, 1.54) is 77.0 Å². The molecule has 3 saturated heterocycles. The van der Waals surface area contributed by atoms with Crippen LogP contribution in [0.25, 0.3) is 0 Å². The highest BCUT2D eigenvalue weighted by molar-refractivity contribution is 5.76. The van der Waals surface area contributed by atoms with Gasteiger partial charge in [0.15, 0.2) is 18.9 Å². The van der Waals surface area contributed by atoms with E-state index >= 15 is 0 Å². The molecule has 0 aromatic rings. The van der Waals surface area contributed by atoms with E-state index in [0.29, 0.717) is 12.8 Å². The Morgan fingerprint density at radius 1 is 0.461 bits per heavy atom. The molecule has 76 heavy (non-hydrogen) atoms. The first-order valence-electron chi connectivity index (χ1n) is 28.9. The molecule has 17 unspecified atom stereocenters. The second-order valence-corrected chi connectivity index (χ2v) is 20.7. The molecule has 0 radical (unpaired) electrons. The number of amides is 1. The fourth-order valence-corrected chi connectivity index (χ4v) is 9.51. The molecule has 0 spiro atoms. The second-order valence-electron chi connectivity index (χ2n) is 20.7. The summed E-state index contributed by atoms with van der Waals surface area (Å²) in [4.78, 5) is 13.3. The molecule has 3 fully saturated rings. The standard InChI is InChI=1S/C57H101NO18/c1-3-5-7-9-11-13-15-17-19-21-22-24-26-28-30-32-34-41(62)40(58-45(63)35-33-31-29-27-25-23-20-18-16-14-12-10-8-6-4-2)39-71-55-51(69)48(66)53(43(37-60)73-55)76-57-52(70)49(67)54(44(38-61)74-57)75-56-50(68)47(65)46(64)42(36-59)72-56/h17-20,24,26,32,34,40-44,46-57,59-62,64-70H,3-16,21-23,25,27-31,33,35-39H2,1-2H3,(H,58,63)/b19-17+,20-18-,26-24+,34-32+. The lowest BCUT2D eigenvalue weighted by atomic mass is 9.96. The Bertz CT molecular complexity index is 1580. The van der Waals surface area contributed by atoms with E-state index in [1.807, 2.05) is 6.08 Å². The quantitative estimate of drug-likeness (QED) is 0.0300. The first-order valence-corrected chi connectivity index (χ1v) is 28.9. The van der Waals surface area contributed by atoms with E-state index in [-0.39, 0.29) is 18.9 Å². The molecule has 0 saturated carbocycles. The molecule has 17 atom stereocenters. The van der Waals surface area contributed by atoms with Crippen LogP contribution in [0, 0.1) is 0 Å². The summed E-state index contributed by atoms with van der Waals surface area (Å²) >= 11 is 0.